The summed E-state index contributed by atoms with van der Waals surface area (Å²) >= 11 is 5.07. The van der Waals surface area contributed by atoms with Gasteiger partial charge in [-0.15, -0.1) is 0 Å². The summed E-state index contributed by atoms with van der Waals surface area (Å²) in [5.41, 5.74) is 0.796. The minimum Gasteiger partial charge on any atom is -0.493 e. The van der Waals surface area contributed by atoms with Gasteiger partial charge in [-0.25, -0.2) is 0 Å². The van der Waals surface area contributed by atoms with Gasteiger partial charge in [0.2, 0.25) is 4.77 Å². The Morgan fingerprint density at radius 3 is 2.74 bits per heavy atom. The number of aromatic amines is 1. The number of benzene rings is 1. The number of nitrogens with one attached hydrogen (secondary N) is 1. The number of methoxy groups -OCH3 is 2. The van der Waals surface area contributed by atoms with Crippen LogP contribution in [0.5, 0.6) is 11.5 Å². The monoisotopic (exact) mass is 278 g/mol. The van der Waals surface area contributed by atoms with Crippen molar-refractivity contribution in [3.8, 4) is 11.5 Å². The zero-order valence-electron chi connectivity index (χ0n) is 10.9. The molecule has 2 aromatic rings. The predicted octanol–water partition coefficient (Wildman–Crippen LogP) is 2.15. The molecule has 1 heterocycles. The Balaban J connectivity index is 2.41. The van der Waals surface area contributed by atoms with Crippen molar-refractivity contribution in [3.05, 3.63) is 34.4 Å². The van der Waals surface area contributed by atoms with E-state index in [4.69, 9.17) is 21.7 Å². The van der Waals surface area contributed by atoms with Crippen molar-refractivity contribution in [2.45, 2.75) is 6.92 Å². The third-order valence-corrected chi connectivity index (χ3v) is 2.82. The van der Waals surface area contributed by atoms with E-state index in [2.05, 4.69) is 15.3 Å². The van der Waals surface area contributed by atoms with E-state index in [1.807, 2.05) is 25.1 Å². The Hall–Kier alpha value is -2.15. The van der Waals surface area contributed by atoms with E-state index in [9.17, 15) is 0 Å². The predicted molar refractivity (Wildman–Crippen MR) is 74.7 cm³/mol. The maximum atomic E-state index is 5.32. The van der Waals surface area contributed by atoms with Gasteiger partial charge in [0.25, 0.3) is 0 Å². The zero-order chi connectivity index (χ0) is 13.8. The van der Waals surface area contributed by atoms with E-state index in [0.29, 0.717) is 22.1 Å². The molecule has 1 N–H and O–H groups in total. The van der Waals surface area contributed by atoms with Crippen LogP contribution in [0.25, 0.3) is 0 Å². The van der Waals surface area contributed by atoms with E-state index in [-0.39, 0.29) is 0 Å². The minimum atomic E-state index is 0.440. The van der Waals surface area contributed by atoms with Crippen molar-refractivity contribution in [1.82, 2.24) is 14.9 Å². The molecule has 1 aromatic carbocycles. The molecule has 0 saturated heterocycles. The number of hydrogen-bond donors (Lipinski definition) is 1. The van der Waals surface area contributed by atoms with Gasteiger partial charge in [-0.2, -0.15) is 14.9 Å². The molecular formula is C12H14N4O2S. The highest BCUT2D eigenvalue weighted by Crippen LogP contribution is 2.29. The number of rotatable bonds is 4. The number of para-hydroxylation sites is 1. The highest BCUT2D eigenvalue weighted by Gasteiger charge is 2.07. The van der Waals surface area contributed by atoms with Crippen LogP contribution in [0.15, 0.2) is 23.3 Å². The lowest BCUT2D eigenvalue weighted by atomic mass is 10.2. The molecule has 0 bridgehead atoms. The Morgan fingerprint density at radius 1 is 1.37 bits per heavy atom. The fraction of sp³-hybridized carbons (Fsp3) is 0.250. The topological polar surface area (TPSA) is 64.4 Å². The molecule has 0 aliphatic rings. The fourth-order valence-corrected chi connectivity index (χ4v) is 1.86. The molecule has 0 saturated carbocycles. The molecule has 0 unspecified atom stereocenters. The van der Waals surface area contributed by atoms with Crippen molar-refractivity contribution < 1.29 is 9.47 Å². The normalized spacial score (nSPS) is 10.9. The summed E-state index contributed by atoms with van der Waals surface area (Å²) in [6.07, 6.45) is 1.65. The largest absolute Gasteiger partial charge is 0.493 e. The van der Waals surface area contributed by atoms with Crippen LogP contribution in [0.4, 0.5) is 0 Å². The number of nitrogens with zero attached hydrogens (tertiary/aromatic N) is 3. The average molecular weight is 278 g/mol. The van der Waals surface area contributed by atoms with Gasteiger partial charge in [0.1, 0.15) is 5.82 Å². The summed E-state index contributed by atoms with van der Waals surface area (Å²) < 4.78 is 12.5. The second kappa shape index (κ2) is 5.66. The molecule has 0 atom stereocenters. The highest BCUT2D eigenvalue weighted by atomic mass is 32.1. The van der Waals surface area contributed by atoms with Crippen molar-refractivity contribution >= 4 is 18.4 Å². The van der Waals surface area contributed by atoms with Crippen molar-refractivity contribution in [3.63, 3.8) is 0 Å². The number of ether oxygens (including phenoxy) is 2. The Labute approximate surface area is 115 Å². The van der Waals surface area contributed by atoms with Gasteiger partial charge in [-0.1, -0.05) is 6.07 Å². The molecule has 100 valence electrons. The third-order valence-electron chi connectivity index (χ3n) is 2.56. The lowest BCUT2D eigenvalue weighted by molar-refractivity contribution is 0.354. The molecule has 0 aliphatic carbocycles. The van der Waals surface area contributed by atoms with Crippen LogP contribution in [0.2, 0.25) is 0 Å². The fourth-order valence-electron chi connectivity index (χ4n) is 1.64. The SMILES string of the molecule is COc1cccc(/C=N/n2c(C)n[nH]c2=S)c1OC. The molecule has 0 spiro atoms. The van der Waals surface area contributed by atoms with Crippen LogP contribution in [0.3, 0.4) is 0 Å². The maximum absolute atomic E-state index is 5.32. The first-order valence-electron chi connectivity index (χ1n) is 5.56. The summed E-state index contributed by atoms with van der Waals surface area (Å²) in [4.78, 5) is 0. The smallest absolute Gasteiger partial charge is 0.216 e. The molecule has 6 nitrogen and oxygen atoms in total. The zero-order valence-corrected chi connectivity index (χ0v) is 11.7. The van der Waals surface area contributed by atoms with Crippen LogP contribution in [0, 0.1) is 11.7 Å². The Bertz CT molecular complexity index is 660. The maximum Gasteiger partial charge on any atom is 0.216 e. The number of H-pyrrole nitrogens is 1. The van der Waals surface area contributed by atoms with Gasteiger partial charge in [-0.05, 0) is 31.3 Å². The molecule has 19 heavy (non-hydrogen) atoms. The first-order chi connectivity index (χ1) is 9.17. The third kappa shape index (κ3) is 2.65. The van der Waals surface area contributed by atoms with Gasteiger partial charge in [0.05, 0.1) is 20.4 Å². The lowest BCUT2D eigenvalue weighted by Gasteiger charge is -2.09. The van der Waals surface area contributed by atoms with Crippen LogP contribution in [-0.4, -0.2) is 35.3 Å². The average Bonchev–Trinajstić information content (AvgIpc) is 2.75. The molecule has 7 heteroatoms. The van der Waals surface area contributed by atoms with Gasteiger partial charge in [0.15, 0.2) is 11.5 Å². The van der Waals surface area contributed by atoms with Crippen LogP contribution in [0.1, 0.15) is 11.4 Å². The second-order valence-electron chi connectivity index (χ2n) is 3.72. The lowest BCUT2D eigenvalue weighted by Crippen LogP contribution is -1.97. The summed E-state index contributed by atoms with van der Waals surface area (Å²) in [5.74, 6) is 1.96. The van der Waals surface area contributed by atoms with E-state index >= 15 is 0 Å². The quantitative estimate of drug-likeness (QED) is 0.687. The summed E-state index contributed by atoms with van der Waals surface area (Å²) in [5, 5.41) is 10.9. The van der Waals surface area contributed by atoms with Crippen LogP contribution >= 0.6 is 12.2 Å². The first-order valence-corrected chi connectivity index (χ1v) is 5.97. The standard InChI is InChI=1S/C12H14N4O2S/c1-8-14-15-12(19)16(8)13-7-9-5-4-6-10(17-2)11(9)18-3/h4-7H,1-3H3,(H,15,19)/b13-7+. The highest BCUT2D eigenvalue weighted by molar-refractivity contribution is 7.71. The molecule has 0 fully saturated rings. The van der Waals surface area contributed by atoms with Crippen molar-refractivity contribution in [2.24, 2.45) is 5.10 Å². The summed E-state index contributed by atoms with van der Waals surface area (Å²) in [7, 11) is 3.18. The Morgan fingerprint density at radius 2 is 2.16 bits per heavy atom. The summed E-state index contributed by atoms with van der Waals surface area (Å²) in [6, 6.07) is 5.57. The van der Waals surface area contributed by atoms with Gasteiger partial charge >= 0.3 is 0 Å². The van der Waals surface area contributed by atoms with Gasteiger partial charge < -0.3 is 9.47 Å². The number of aromatic nitrogens is 3. The first kappa shape index (κ1) is 13.3. The number of hydrogen-bond acceptors (Lipinski definition) is 5. The Kier molecular flexibility index (Phi) is 3.96. The second-order valence-corrected chi connectivity index (χ2v) is 4.10. The van der Waals surface area contributed by atoms with Crippen molar-refractivity contribution in [2.75, 3.05) is 14.2 Å². The number of aryl methyl sites for hydroxylation is 1. The molecule has 0 amide bonds. The summed E-state index contributed by atoms with van der Waals surface area (Å²) in [6.45, 7) is 1.81. The van der Waals surface area contributed by atoms with E-state index < -0.39 is 0 Å². The van der Waals surface area contributed by atoms with E-state index in [1.165, 1.54) is 4.68 Å². The van der Waals surface area contributed by atoms with Crippen LogP contribution in [-0.2, 0) is 0 Å². The van der Waals surface area contributed by atoms with E-state index in [0.717, 1.165) is 5.56 Å². The van der Waals surface area contributed by atoms with Crippen LogP contribution < -0.4 is 9.47 Å². The molecule has 1 aromatic heterocycles. The van der Waals surface area contributed by atoms with Gasteiger partial charge in [0, 0.05) is 5.56 Å². The van der Waals surface area contributed by atoms with E-state index in [1.54, 1.807) is 20.4 Å². The molecular weight excluding hydrogens is 264 g/mol. The van der Waals surface area contributed by atoms with Crippen molar-refractivity contribution in [1.29, 1.82) is 0 Å². The van der Waals surface area contributed by atoms with Gasteiger partial charge in [-0.3, -0.25) is 5.10 Å². The molecule has 2 rings (SSSR count). The molecule has 0 radical (unpaired) electrons. The molecule has 0 aliphatic heterocycles. The minimum absolute atomic E-state index is 0.440.